The molecule has 0 fully saturated rings. The van der Waals surface area contributed by atoms with Crippen LogP contribution in [0.1, 0.15) is 72.1 Å². The number of methoxy groups -OCH3 is 1. The molecule has 0 spiro atoms. The molecule has 0 N–H and O–H groups in total. The van der Waals surface area contributed by atoms with Crippen molar-refractivity contribution in [2.75, 3.05) is 7.11 Å². The van der Waals surface area contributed by atoms with E-state index in [4.69, 9.17) is 9.47 Å². The van der Waals surface area contributed by atoms with Gasteiger partial charge in [-0.2, -0.15) is 0 Å². The number of hydrogen-bond acceptors (Lipinski definition) is 4. The molecule has 0 aliphatic rings. The summed E-state index contributed by atoms with van der Waals surface area (Å²) in [6.07, 6.45) is 0. The summed E-state index contributed by atoms with van der Waals surface area (Å²) >= 11 is 0. The van der Waals surface area contributed by atoms with Crippen LogP contribution in [0.25, 0.3) is 0 Å². The lowest BCUT2D eigenvalue weighted by molar-refractivity contribution is -0.147. The summed E-state index contributed by atoms with van der Waals surface area (Å²) in [6.45, 7) is 8.74. The van der Waals surface area contributed by atoms with Crippen LogP contribution in [0.5, 0.6) is 0 Å². The molecular weight excluding hydrogens is 412 g/mol. The Morgan fingerprint density at radius 2 is 1.39 bits per heavy atom. The Hall–Kier alpha value is -3.40. The Kier molecular flexibility index (Phi) is 7.70. The predicted molar refractivity (Wildman–Crippen MR) is 130 cm³/mol. The first kappa shape index (κ1) is 24.2. The van der Waals surface area contributed by atoms with Gasteiger partial charge in [-0.1, -0.05) is 94.4 Å². The first-order valence-electron chi connectivity index (χ1n) is 11.2. The van der Waals surface area contributed by atoms with Crippen LogP contribution in [0, 0.1) is 0 Å². The highest BCUT2D eigenvalue weighted by molar-refractivity contribution is 5.89. The maximum atomic E-state index is 13.3. The van der Waals surface area contributed by atoms with Gasteiger partial charge in [-0.25, -0.2) is 4.79 Å². The van der Waals surface area contributed by atoms with Crippen LogP contribution in [0.15, 0.2) is 78.9 Å². The fraction of sp³-hybridized carbons (Fsp3) is 0.310. The van der Waals surface area contributed by atoms with Crippen molar-refractivity contribution >= 4 is 11.9 Å². The van der Waals surface area contributed by atoms with Crippen LogP contribution in [0.2, 0.25) is 0 Å². The molecular formula is C29H32O4. The summed E-state index contributed by atoms with van der Waals surface area (Å²) in [6, 6.07) is 25.1. The van der Waals surface area contributed by atoms with E-state index >= 15 is 0 Å². The van der Waals surface area contributed by atoms with Crippen molar-refractivity contribution in [3.05, 3.63) is 107 Å². The number of carbonyl (C=O) groups is 2. The quantitative estimate of drug-likeness (QED) is 0.396. The maximum absolute atomic E-state index is 13.3. The number of hydrogen-bond donors (Lipinski definition) is 0. The summed E-state index contributed by atoms with van der Waals surface area (Å²) in [4.78, 5) is 25.1. The molecule has 172 valence electrons. The fourth-order valence-electron chi connectivity index (χ4n) is 3.87. The van der Waals surface area contributed by atoms with Crippen molar-refractivity contribution in [2.45, 2.75) is 51.6 Å². The number of esters is 2. The zero-order valence-electron chi connectivity index (χ0n) is 20.0. The molecule has 33 heavy (non-hydrogen) atoms. The van der Waals surface area contributed by atoms with Crippen molar-refractivity contribution in [3.8, 4) is 0 Å². The molecule has 0 amide bonds. The predicted octanol–water partition coefficient (Wildman–Crippen LogP) is 6.40. The van der Waals surface area contributed by atoms with E-state index in [1.807, 2.05) is 61.5 Å². The van der Waals surface area contributed by atoms with Gasteiger partial charge < -0.3 is 9.47 Å². The highest BCUT2D eigenvalue weighted by Gasteiger charge is 2.30. The monoisotopic (exact) mass is 444 g/mol. The third kappa shape index (κ3) is 6.10. The summed E-state index contributed by atoms with van der Waals surface area (Å²) in [5, 5.41) is 0. The molecule has 2 unspecified atom stereocenters. The molecule has 0 saturated heterocycles. The summed E-state index contributed by atoms with van der Waals surface area (Å²) in [7, 11) is 1.36. The van der Waals surface area contributed by atoms with E-state index < -0.39 is 5.92 Å². The highest BCUT2D eigenvalue weighted by atomic mass is 16.5. The summed E-state index contributed by atoms with van der Waals surface area (Å²) in [5.41, 5.74) is 4.51. The Labute approximate surface area is 196 Å². The van der Waals surface area contributed by atoms with Crippen molar-refractivity contribution < 1.29 is 19.1 Å². The number of rotatable bonds is 7. The molecule has 0 heterocycles. The normalized spacial score (nSPS) is 13.1. The van der Waals surface area contributed by atoms with Crippen LogP contribution < -0.4 is 0 Å². The van der Waals surface area contributed by atoms with E-state index in [-0.39, 0.29) is 29.9 Å². The molecule has 0 saturated carbocycles. The maximum Gasteiger partial charge on any atom is 0.337 e. The van der Waals surface area contributed by atoms with Crippen LogP contribution in [0.3, 0.4) is 0 Å². The molecule has 0 aliphatic carbocycles. The molecule has 0 aromatic heterocycles. The smallest absolute Gasteiger partial charge is 0.337 e. The standard InChI is InChI=1S/C29H32O4/c1-20(22-11-13-24(14-12-22)27(30)32-5)26(23-15-17-25(18-16-23)29(2,3)4)28(31)33-19-21-9-7-6-8-10-21/h6-18,20,26H,19H2,1-5H3. The first-order valence-corrected chi connectivity index (χ1v) is 11.2. The van der Waals surface area contributed by atoms with Crippen LogP contribution >= 0.6 is 0 Å². The molecule has 4 heteroatoms. The molecule has 3 aromatic carbocycles. The number of carbonyl (C=O) groups excluding carboxylic acids is 2. The Morgan fingerprint density at radius 3 is 1.94 bits per heavy atom. The van der Waals surface area contributed by atoms with E-state index in [9.17, 15) is 9.59 Å². The minimum Gasteiger partial charge on any atom is -0.465 e. The van der Waals surface area contributed by atoms with E-state index in [0.29, 0.717) is 5.56 Å². The van der Waals surface area contributed by atoms with Gasteiger partial charge >= 0.3 is 11.9 Å². The Bertz CT molecular complexity index is 1060. The van der Waals surface area contributed by atoms with Crippen molar-refractivity contribution in [1.82, 2.24) is 0 Å². The lowest BCUT2D eigenvalue weighted by Crippen LogP contribution is -2.22. The van der Waals surface area contributed by atoms with Gasteiger partial charge in [-0.15, -0.1) is 0 Å². The van der Waals surface area contributed by atoms with Gasteiger partial charge in [0.2, 0.25) is 0 Å². The lowest BCUT2D eigenvalue weighted by atomic mass is 9.80. The van der Waals surface area contributed by atoms with Gasteiger partial charge in [-0.05, 0) is 45.7 Å². The molecule has 3 rings (SSSR count). The number of ether oxygens (including phenoxy) is 2. The first-order chi connectivity index (χ1) is 15.7. The summed E-state index contributed by atoms with van der Waals surface area (Å²) < 4.78 is 10.5. The topological polar surface area (TPSA) is 52.6 Å². The second-order valence-corrected chi connectivity index (χ2v) is 9.35. The zero-order chi connectivity index (χ0) is 24.0. The minimum absolute atomic E-state index is 0.0250. The molecule has 2 atom stereocenters. The van der Waals surface area contributed by atoms with Gasteiger partial charge in [0.1, 0.15) is 6.61 Å². The molecule has 4 nitrogen and oxygen atoms in total. The van der Waals surface area contributed by atoms with Crippen LogP contribution in [0.4, 0.5) is 0 Å². The zero-order valence-corrected chi connectivity index (χ0v) is 20.0. The third-order valence-corrected chi connectivity index (χ3v) is 5.97. The largest absolute Gasteiger partial charge is 0.465 e. The fourth-order valence-corrected chi connectivity index (χ4v) is 3.87. The Morgan fingerprint density at radius 1 is 0.818 bits per heavy atom. The minimum atomic E-state index is -0.480. The van der Waals surface area contributed by atoms with Gasteiger partial charge in [0.15, 0.2) is 0 Å². The average Bonchev–Trinajstić information content (AvgIpc) is 2.83. The average molecular weight is 445 g/mol. The van der Waals surface area contributed by atoms with Crippen LogP contribution in [-0.4, -0.2) is 19.0 Å². The van der Waals surface area contributed by atoms with E-state index in [0.717, 1.165) is 16.7 Å². The van der Waals surface area contributed by atoms with E-state index in [2.05, 4.69) is 32.9 Å². The molecule has 0 aliphatic heterocycles. The van der Waals surface area contributed by atoms with E-state index in [1.54, 1.807) is 12.1 Å². The second kappa shape index (κ2) is 10.5. The van der Waals surface area contributed by atoms with E-state index in [1.165, 1.54) is 12.7 Å². The third-order valence-electron chi connectivity index (χ3n) is 5.97. The van der Waals surface area contributed by atoms with Gasteiger partial charge in [-0.3, -0.25) is 4.79 Å². The van der Waals surface area contributed by atoms with Crippen LogP contribution in [-0.2, 0) is 26.3 Å². The van der Waals surface area contributed by atoms with Crippen molar-refractivity contribution in [2.24, 2.45) is 0 Å². The molecule has 0 radical (unpaired) electrons. The van der Waals surface area contributed by atoms with Gasteiger partial charge in [0.25, 0.3) is 0 Å². The lowest BCUT2D eigenvalue weighted by Gasteiger charge is -2.25. The van der Waals surface area contributed by atoms with Crippen molar-refractivity contribution in [3.63, 3.8) is 0 Å². The Balaban J connectivity index is 1.90. The number of benzene rings is 3. The molecule has 0 bridgehead atoms. The molecule has 3 aromatic rings. The highest BCUT2D eigenvalue weighted by Crippen LogP contribution is 2.35. The SMILES string of the molecule is COC(=O)c1ccc(C(C)C(C(=O)OCc2ccccc2)c2ccc(C(C)(C)C)cc2)cc1. The summed E-state index contributed by atoms with van der Waals surface area (Å²) in [5.74, 6) is -1.29. The second-order valence-electron chi connectivity index (χ2n) is 9.35. The van der Waals surface area contributed by atoms with Crippen molar-refractivity contribution in [1.29, 1.82) is 0 Å². The van der Waals surface area contributed by atoms with Gasteiger partial charge in [0, 0.05) is 0 Å². The van der Waals surface area contributed by atoms with Gasteiger partial charge in [0.05, 0.1) is 18.6 Å².